The molecule has 22 heavy (non-hydrogen) atoms. The summed E-state index contributed by atoms with van der Waals surface area (Å²) in [5, 5.41) is 0. The van der Waals surface area contributed by atoms with Gasteiger partial charge in [-0.2, -0.15) is 0 Å². The lowest BCUT2D eigenvalue weighted by Gasteiger charge is -2.00. The number of unbranched alkanes of at least 4 members (excludes halogenated alkanes) is 14. The highest BCUT2D eigenvalue weighted by Crippen LogP contribution is 2.10. The first-order valence-corrected chi connectivity index (χ1v) is 9.87. The average Bonchev–Trinajstić information content (AvgIpc) is 2.54. The van der Waals surface area contributed by atoms with Crippen molar-refractivity contribution < 1.29 is 0 Å². The van der Waals surface area contributed by atoms with Gasteiger partial charge in [0, 0.05) is 12.8 Å². The van der Waals surface area contributed by atoms with Crippen molar-refractivity contribution in [2.75, 3.05) is 0 Å². The van der Waals surface area contributed by atoms with E-state index in [1.165, 1.54) is 89.9 Å². The molecule has 0 unspecified atom stereocenters. The molecule has 0 nitrogen and oxygen atoms in total. The topological polar surface area (TPSA) is 0 Å². The van der Waals surface area contributed by atoms with Crippen LogP contribution >= 0.6 is 0 Å². The summed E-state index contributed by atoms with van der Waals surface area (Å²) in [6.45, 7) is 4.52. The Bertz CT molecular complexity index is 317. The molecule has 0 amide bonds. The molecule has 0 radical (unpaired) electrons. The van der Waals surface area contributed by atoms with Crippen molar-refractivity contribution in [2.24, 2.45) is 0 Å². The summed E-state index contributed by atoms with van der Waals surface area (Å²) in [6.07, 6.45) is 21.1. The Balaban J connectivity index is 3.20. The number of hydrogen-bond acceptors (Lipinski definition) is 0. The molecule has 0 bridgehead atoms. The van der Waals surface area contributed by atoms with Crippen LogP contribution in [0.3, 0.4) is 0 Å². The molecule has 0 aliphatic carbocycles. The van der Waals surface area contributed by atoms with Gasteiger partial charge in [0.05, 0.1) is 0 Å². The van der Waals surface area contributed by atoms with Crippen LogP contribution in [0.25, 0.3) is 0 Å². The maximum absolute atomic E-state index is 3.19. The van der Waals surface area contributed by atoms with Crippen LogP contribution in [-0.4, -0.2) is 0 Å². The lowest BCUT2D eigenvalue weighted by atomic mass is 10.1. The van der Waals surface area contributed by atoms with Gasteiger partial charge in [-0.15, -0.1) is 0 Å². The van der Waals surface area contributed by atoms with Gasteiger partial charge in [0.15, 0.2) is 0 Å². The Morgan fingerprint density at radius 1 is 0.409 bits per heavy atom. The van der Waals surface area contributed by atoms with E-state index in [1.807, 2.05) is 0 Å². The lowest BCUT2D eigenvalue weighted by Crippen LogP contribution is -1.81. The largest absolute Gasteiger partial charge is 0.0891 e. The first-order chi connectivity index (χ1) is 10.9. The average molecular weight is 303 g/mol. The van der Waals surface area contributed by atoms with Crippen molar-refractivity contribution in [1.82, 2.24) is 0 Å². The third-order valence-corrected chi connectivity index (χ3v) is 4.05. The maximum atomic E-state index is 3.19. The van der Waals surface area contributed by atoms with Gasteiger partial charge < -0.3 is 0 Å². The van der Waals surface area contributed by atoms with Crippen LogP contribution < -0.4 is 0 Å². The van der Waals surface area contributed by atoms with Gasteiger partial charge in [0.1, 0.15) is 0 Å². The third kappa shape index (κ3) is 19.1. The highest BCUT2D eigenvalue weighted by molar-refractivity contribution is 5.25. The molecule has 0 aliphatic rings. The minimum Gasteiger partial charge on any atom is -0.0891 e. The SMILES string of the molecule is CCCCCCC#CC#CCCCCCCCCCCCC. The fourth-order valence-electron chi connectivity index (χ4n) is 2.55. The third-order valence-electron chi connectivity index (χ3n) is 4.05. The summed E-state index contributed by atoms with van der Waals surface area (Å²) in [6, 6.07) is 0. The summed E-state index contributed by atoms with van der Waals surface area (Å²) in [5.41, 5.74) is 0. The molecular formula is C22H38. The van der Waals surface area contributed by atoms with Crippen LogP contribution in [0.5, 0.6) is 0 Å². The molecule has 126 valence electrons. The van der Waals surface area contributed by atoms with E-state index in [0.717, 1.165) is 12.8 Å². The molecule has 0 spiro atoms. The zero-order chi connectivity index (χ0) is 16.1. The highest BCUT2D eigenvalue weighted by atomic mass is 14.0. The summed E-state index contributed by atoms with van der Waals surface area (Å²) in [4.78, 5) is 0. The van der Waals surface area contributed by atoms with E-state index in [4.69, 9.17) is 0 Å². The molecule has 0 aromatic carbocycles. The van der Waals surface area contributed by atoms with Gasteiger partial charge in [-0.1, -0.05) is 103 Å². The zero-order valence-corrected chi connectivity index (χ0v) is 15.3. The summed E-state index contributed by atoms with van der Waals surface area (Å²) in [5.74, 6) is 12.3. The second-order valence-electron chi connectivity index (χ2n) is 6.35. The second kappa shape index (κ2) is 20.1. The Kier molecular flexibility index (Phi) is 19.3. The first kappa shape index (κ1) is 21.1. The smallest absolute Gasteiger partial charge is 0.00989 e. The fraction of sp³-hybridized carbons (Fsp3) is 0.818. The molecule has 0 heteroatoms. The van der Waals surface area contributed by atoms with Crippen LogP contribution in [0, 0.1) is 23.7 Å². The van der Waals surface area contributed by atoms with E-state index in [2.05, 4.69) is 37.5 Å². The van der Waals surface area contributed by atoms with Crippen LogP contribution in [0.15, 0.2) is 0 Å². The quantitative estimate of drug-likeness (QED) is 0.234. The fourth-order valence-corrected chi connectivity index (χ4v) is 2.55. The Morgan fingerprint density at radius 3 is 1.14 bits per heavy atom. The Hall–Kier alpha value is -0.880. The molecule has 0 fully saturated rings. The highest BCUT2D eigenvalue weighted by Gasteiger charge is 1.91. The Labute approximate surface area is 140 Å². The van der Waals surface area contributed by atoms with E-state index >= 15 is 0 Å². The molecule has 0 saturated carbocycles. The zero-order valence-electron chi connectivity index (χ0n) is 15.3. The van der Waals surface area contributed by atoms with E-state index in [0.29, 0.717) is 0 Å². The van der Waals surface area contributed by atoms with Crippen molar-refractivity contribution >= 4 is 0 Å². The normalized spacial score (nSPS) is 9.73. The van der Waals surface area contributed by atoms with Crippen molar-refractivity contribution in [3.8, 4) is 23.7 Å². The van der Waals surface area contributed by atoms with E-state index in [1.54, 1.807) is 0 Å². The van der Waals surface area contributed by atoms with Gasteiger partial charge in [0.25, 0.3) is 0 Å². The van der Waals surface area contributed by atoms with Crippen LogP contribution in [-0.2, 0) is 0 Å². The first-order valence-electron chi connectivity index (χ1n) is 9.87. The van der Waals surface area contributed by atoms with Gasteiger partial charge in [0.2, 0.25) is 0 Å². The molecule has 0 aromatic rings. The van der Waals surface area contributed by atoms with Crippen molar-refractivity contribution in [3.05, 3.63) is 0 Å². The van der Waals surface area contributed by atoms with Crippen LogP contribution in [0.1, 0.15) is 117 Å². The van der Waals surface area contributed by atoms with Gasteiger partial charge in [-0.3, -0.25) is 0 Å². The van der Waals surface area contributed by atoms with Crippen LogP contribution in [0.4, 0.5) is 0 Å². The van der Waals surface area contributed by atoms with E-state index < -0.39 is 0 Å². The molecule has 0 aliphatic heterocycles. The number of rotatable bonds is 14. The summed E-state index contributed by atoms with van der Waals surface area (Å²) >= 11 is 0. The van der Waals surface area contributed by atoms with Crippen LogP contribution in [0.2, 0.25) is 0 Å². The Morgan fingerprint density at radius 2 is 0.727 bits per heavy atom. The predicted octanol–water partition coefficient (Wildman–Crippen LogP) is 7.27. The standard InChI is InChI=1S/C22H38/c1-3-5-7-9-11-13-15-17-19-21-22-20-18-16-14-12-10-8-6-4-2/h3-13,15,17,19,21-22H2,1-2H3. The summed E-state index contributed by atoms with van der Waals surface area (Å²) < 4.78 is 0. The summed E-state index contributed by atoms with van der Waals surface area (Å²) in [7, 11) is 0. The maximum Gasteiger partial charge on any atom is 0.00989 e. The lowest BCUT2D eigenvalue weighted by molar-refractivity contribution is 0.558. The molecule has 0 rings (SSSR count). The van der Waals surface area contributed by atoms with Gasteiger partial charge >= 0.3 is 0 Å². The molecule has 0 N–H and O–H groups in total. The molecular weight excluding hydrogens is 264 g/mol. The minimum atomic E-state index is 1.02. The minimum absolute atomic E-state index is 1.02. The van der Waals surface area contributed by atoms with Gasteiger partial charge in [-0.05, 0) is 24.7 Å². The molecule has 0 aromatic heterocycles. The van der Waals surface area contributed by atoms with Gasteiger partial charge in [-0.25, -0.2) is 0 Å². The van der Waals surface area contributed by atoms with Crippen molar-refractivity contribution in [2.45, 2.75) is 117 Å². The van der Waals surface area contributed by atoms with Crippen molar-refractivity contribution in [3.63, 3.8) is 0 Å². The number of hydrogen-bond donors (Lipinski definition) is 0. The molecule has 0 heterocycles. The van der Waals surface area contributed by atoms with Crippen molar-refractivity contribution in [1.29, 1.82) is 0 Å². The monoisotopic (exact) mass is 302 g/mol. The molecule has 0 saturated heterocycles. The van der Waals surface area contributed by atoms with E-state index in [-0.39, 0.29) is 0 Å². The predicted molar refractivity (Wildman–Crippen MR) is 101 cm³/mol. The van der Waals surface area contributed by atoms with E-state index in [9.17, 15) is 0 Å². The molecule has 0 atom stereocenters. The second-order valence-corrected chi connectivity index (χ2v) is 6.35.